The van der Waals surface area contributed by atoms with Crippen LogP contribution in [0.3, 0.4) is 0 Å². The molecule has 0 spiro atoms. The first-order valence-electron chi connectivity index (χ1n) is 4.12. The number of nitrogens with zero attached hydrogens (tertiary/aromatic N) is 4. The minimum atomic E-state index is -0.700. The fraction of sp³-hybridized carbons (Fsp3) is 0.111. The number of hydrogen-bond acceptors (Lipinski definition) is 4. The molecule has 0 saturated heterocycles. The van der Waals surface area contributed by atoms with Gasteiger partial charge < -0.3 is 5.11 Å². The molecule has 0 saturated carbocycles. The van der Waals surface area contributed by atoms with E-state index in [0.29, 0.717) is 5.56 Å². The summed E-state index contributed by atoms with van der Waals surface area (Å²) < 4.78 is 0. The van der Waals surface area contributed by atoms with E-state index in [1.54, 1.807) is 0 Å². The van der Waals surface area contributed by atoms with Crippen LogP contribution in [0.2, 0.25) is 0 Å². The zero-order valence-electron chi connectivity index (χ0n) is 7.99. The van der Waals surface area contributed by atoms with Crippen molar-refractivity contribution in [3.05, 3.63) is 44.3 Å². The highest BCUT2D eigenvalue weighted by Gasteiger charge is 2.12. The number of nitro benzene ring substituents is 1. The quantitative estimate of drug-likeness (QED) is 0.204. The van der Waals surface area contributed by atoms with Gasteiger partial charge in [-0.05, 0) is 17.7 Å². The molecular weight excluding hydrogens is 212 g/mol. The minimum Gasteiger partial charge on any atom is -0.502 e. The van der Waals surface area contributed by atoms with Crippen molar-refractivity contribution in [3.63, 3.8) is 0 Å². The Balaban J connectivity index is 2.97. The molecule has 0 atom stereocenters. The Kier molecular flexibility index (Phi) is 3.72. The maximum absolute atomic E-state index is 10.5. The van der Waals surface area contributed by atoms with Crippen molar-refractivity contribution in [2.45, 2.75) is 0 Å². The molecular formula is C9H6N4O3. The Morgan fingerprint density at radius 3 is 3.00 bits per heavy atom. The summed E-state index contributed by atoms with van der Waals surface area (Å²) in [6.45, 7) is -0.00876. The molecule has 0 unspecified atom stereocenters. The van der Waals surface area contributed by atoms with Crippen molar-refractivity contribution in [1.82, 2.24) is 0 Å². The van der Waals surface area contributed by atoms with Crippen LogP contribution in [0.1, 0.15) is 5.56 Å². The Morgan fingerprint density at radius 1 is 1.62 bits per heavy atom. The highest BCUT2D eigenvalue weighted by Crippen LogP contribution is 2.25. The van der Waals surface area contributed by atoms with Crippen LogP contribution in [0.15, 0.2) is 23.3 Å². The third kappa shape index (κ3) is 2.90. The highest BCUT2D eigenvalue weighted by molar-refractivity contribution is 5.51. The lowest BCUT2D eigenvalue weighted by atomic mass is 10.2. The van der Waals surface area contributed by atoms with Gasteiger partial charge in [0.1, 0.15) is 0 Å². The summed E-state index contributed by atoms with van der Waals surface area (Å²) in [6.07, 6.45) is 0. The average Bonchev–Trinajstić information content (AvgIpc) is 2.26. The summed E-state index contributed by atoms with van der Waals surface area (Å²) in [5, 5.41) is 22.8. The van der Waals surface area contributed by atoms with E-state index in [4.69, 9.17) is 10.6 Å². The van der Waals surface area contributed by atoms with Gasteiger partial charge in [-0.1, -0.05) is 17.0 Å². The number of aromatic hydroxyl groups is 1. The summed E-state index contributed by atoms with van der Waals surface area (Å²) in [5.74, 6) is 4.67. The van der Waals surface area contributed by atoms with E-state index in [9.17, 15) is 10.1 Å². The van der Waals surface area contributed by atoms with Gasteiger partial charge in [0.05, 0.1) is 11.5 Å². The molecule has 0 aromatic heterocycles. The zero-order chi connectivity index (χ0) is 12.0. The number of nitro groups is 1. The first kappa shape index (κ1) is 11.4. The third-order valence-corrected chi connectivity index (χ3v) is 1.62. The molecule has 1 aromatic rings. The molecule has 0 bridgehead atoms. The lowest BCUT2D eigenvalue weighted by Gasteiger charge is -1.95. The van der Waals surface area contributed by atoms with Crippen molar-refractivity contribution < 1.29 is 10.0 Å². The van der Waals surface area contributed by atoms with Crippen LogP contribution in [-0.4, -0.2) is 16.6 Å². The Labute approximate surface area is 90.1 Å². The second-order valence-electron chi connectivity index (χ2n) is 2.65. The van der Waals surface area contributed by atoms with Crippen LogP contribution in [0.4, 0.5) is 5.69 Å². The van der Waals surface area contributed by atoms with Gasteiger partial charge in [0, 0.05) is 16.5 Å². The van der Waals surface area contributed by atoms with Gasteiger partial charge in [-0.3, -0.25) is 10.1 Å². The molecule has 7 nitrogen and oxygen atoms in total. The van der Waals surface area contributed by atoms with Gasteiger partial charge in [0.25, 0.3) is 0 Å². The lowest BCUT2D eigenvalue weighted by molar-refractivity contribution is -0.385. The number of rotatable bonds is 2. The van der Waals surface area contributed by atoms with E-state index < -0.39 is 16.4 Å². The molecule has 0 aliphatic carbocycles. The summed E-state index contributed by atoms with van der Waals surface area (Å²) in [4.78, 5) is 12.3. The number of hydrogen-bond donors (Lipinski definition) is 1. The van der Waals surface area contributed by atoms with E-state index >= 15 is 0 Å². The SMILES string of the molecule is [N-]=[N+]=NCC#Cc1ccc(O)c([N+](=O)[O-])c1. The van der Waals surface area contributed by atoms with Crippen LogP contribution in [0, 0.1) is 22.0 Å². The predicted octanol–water partition coefficient (Wildman–Crippen LogP) is 1.96. The molecule has 16 heavy (non-hydrogen) atoms. The first-order chi connectivity index (χ1) is 7.65. The van der Waals surface area contributed by atoms with Crippen molar-refractivity contribution in [2.75, 3.05) is 6.54 Å². The van der Waals surface area contributed by atoms with Crippen LogP contribution in [-0.2, 0) is 0 Å². The maximum atomic E-state index is 10.5. The van der Waals surface area contributed by atoms with Crippen LogP contribution >= 0.6 is 0 Å². The molecule has 0 aliphatic rings. The fourth-order valence-corrected chi connectivity index (χ4v) is 0.956. The summed E-state index contributed by atoms with van der Waals surface area (Å²) in [6, 6.07) is 3.78. The van der Waals surface area contributed by atoms with E-state index in [2.05, 4.69) is 21.9 Å². The standard InChI is InChI=1S/C9H6N4O3/c10-12-11-5-1-2-7-3-4-9(14)8(6-7)13(15)16/h3-4,6,14H,5H2. The topological polar surface area (TPSA) is 112 Å². The second kappa shape index (κ2) is 5.24. The van der Waals surface area contributed by atoms with E-state index in [-0.39, 0.29) is 6.54 Å². The van der Waals surface area contributed by atoms with E-state index in [1.165, 1.54) is 12.1 Å². The number of phenolic OH excluding ortho intramolecular Hbond substituents is 1. The van der Waals surface area contributed by atoms with E-state index in [0.717, 1.165) is 6.07 Å². The number of azide groups is 1. The van der Waals surface area contributed by atoms with Crippen LogP contribution in [0.25, 0.3) is 10.4 Å². The Hall–Kier alpha value is -2.71. The van der Waals surface area contributed by atoms with Gasteiger partial charge in [0.2, 0.25) is 0 Å². The van der Waals surface area contributed by atoms with Crippen LogP contribution in [0.5, 0.6) is 5.75 Å². The molecule has 1 rings (SSSR count). The molecule has 1 aromatic carbocycles. The fourth-order valence-electron chi connectivity index (χ4n) is 0.956. The van der Waals surface area contributed by atoms with Crippen molar-refractivity contribution in [2.24, 2.45) is 5.11 Å². The summed E-state index contributed by atoms with van der Waals surface area (Å²) in [5.41, 5.74) is 7.95. The summed E-state index contributed by atoms with van der Waals surface area (Å²) >= 11 is 0. The molecule has 0 fully saturated rings. The molecule has 0 aliphatic heterocycles. The molecule has 0 amide bonds. The smallest absolute Gasteiger partial charge is 0.311 e. The van der Waals surface area contributed by atoms with Gasteiger partial charge >= 0.3 is 5.69 Å². The Morgan fingerprint density at radius 2 is 2.38 bits per heavy atom. The predicted molar refractivity (Wildman–Crippen MR) is 55.7 cm³/mol. The maximum Gasteiger partial charge on any atom is 0.311 e. The summed E-state index contributed by atoms with van der Waals surface area (Å²) in [7, 11) is 0. The van der Waals surface area contributed by atoms with Crippen molar-refractivity contribution in [1.29, 1.82) is 0 Å². The van der Waals surface area contributed by atoms with E-state index in [1.807, 2.05) is 0 Å². The third-order valence-electron chi connectivity index (χ3n) is 1.62. The molecule has 0 heterocycles. The highest BCUT2D eigenvalue weighted by atomic mass is 16.6. The number of benzene rings is 1. The lowest BCUT2D eigenvalue weighted by Crippen LogP contribution is -1.89. The van der Waals surface area contributed by atoms with Gasteiger partial charge in [-0.25, -0.2) is 0 Å². The van der Waals surface area contributed by atoms with Gasteiger partial charge in [-0.15, -0.1) is 0 Å². The Bertz CT molecular complexity index is 523. The second-order valence-corrected chi connectivity index (χ2v) is 2.65. The molecule has 80 valence electrons. The largest absolute Gasteiger partial charge is 0.502 e. The zero-order valence-corrected chi connectivity index (χ0v) is 7.99. The number of phenols is 1. The van der Waals surface area contributed by atoms with Crippen molar-refractivity contribution >= 4 is 5.69 Å². The van der Waals surface area contributed by atoms with Gasteiger partial charge in [-0.2, -0.15) is 0 Å². The van der Waals surface area contributed by atoms with Crippen LogP contribution < -0.4 is 0 Å². The minimum absolute atomic E-state index is 0.00876. The average molecular weight is 218 g/mol. The molecule has 1 N–H and O–H groups in total. The molecule has 0 radical (unpaired) electrons. The monoisotopic (exact) mass is 218 g/mol. The first-order valence-corrected chi connectivity index (χ1v) is 4.12. The molecule has 7 heteroatoms. The normalized spacial score (nSPS) is 8.50. The van der Waals surface area contributed by atoms with Gasteiger partial charge in [0.15, 0.2) is 5.75 Å². The van der Waals surface area contributed by atoms with Crippen molar-refractivity contribution in [3.8, 4) is 17.6 Å².